The number of hydrogen-bond donors (Lipinski definition) is 2. The normalized spacial score (nSPS) is 13.2. The monoisotopic (exact) mass is 516 g/mol. The SMILES string of the molecule is CN(C(=O)OC(C)(C)C)[C@@H](Cc1ccc(NC(=O)OCC2c3ccccc3-c3ccccc32)cc1)C(=O)O. The maximum absolute atomic E-state index is 12.6. The van der Waals surface area contributed by atoms with Crippen LogP contribution in [0, 0.1) is 0 Å². The average Bonchev–Trinajstić information content (AvgIpc) is 3.19. The van der Waals surface area contributed by atoms with E-state index in [1.54, 1.807) is 45.0 Å². The number of likely N-dealkylation sites (N-methyl/N-ethyl adjacent to an activating group) is 1. The van der Waals surface area contributed by atoms with Crippen molar-refractivity contribution in [2.45, 2.75) is 44.8 Å². The zero-order chi connectivity index (χ0) is 27.4. The Morgan fingerprint density at radius 1 is 0.921 bits per heavy atom. The van der Waals surface area contributed by atoms with E-state index in [0.717, 1.165) is 27.2 Å². The topological polar surface area (TPSA) is 105 Å². The summed E-state index contributed by atoms with van der Waals surface area (Å²) < 4.78 is 10.9. The number of aliphatic carboxylic acids is 1. The van der Waals surface area contributed by atoms with Gasteiger partial charge in [-0.15, -0.1) is 0 Å². The first-order valence-corrected chi connectivity index (χ1v) is 12.4. The van der Waals surface area contributed by atoms with Crippen molar-refractivity contribution >= 4 is 23.8 Å². The number of ether oxygens (including phenoxy) is 2. The van der Waals surface area contributed by atoms with Gasteiger partial charge in [0.05, 0.1) is 0 Å². The van der Waals surface area contributed by atoms with Crippen molar-refractivity contribution in [2.24, 2.45) is 0 Å². The second kappa shape index (κ2) is 11.0. The van der Waals surface area contributed by atoms with Crippen LogP contribution in [0.2, 0.25) is 0 Å². The minimum absolute atomic E-state index is 0.0366. The fraction of sp³-hybridized carbons (Fsp3) is 0.300. The molecule has 0 bridgehead atoms. The highest BCUT2D eigenvalue weighted by atomic mass is 16.6. The highest BCUT2D eigenvalue weighted by Crippen LogP contribution is 2.44. The van der Waals surface area contributed by atoms with Crippen molar-refractivity contribution in [3.63, 3.8) is 0 Å². The summed E-state index contributed by atoms with van der Waals surface area (Å²) in [5.74, 6) is -1.18. The zero-order valence-electron chi connectivity index (χ0n) is 21.9. The number of fused-ring (bicyclic) bond motifs is 3. The van der Waals surface area contributed by atoms with Gasteiger partial charge in [0.2, 0.25) is 0 Å². The molecule has 1 atom stereocenters. The Morgan fingerprint density at radius 3 is 2.00 bits per heavy atom. The smallest absolute Gasteiger partial charge is 0.411 e. The van der Waals surface area contributed by atoms with Gasteiger partial charge in [0.1, 0.15) is 18.2 Å². The first-order chi connectivity index (χ1) is 18.0. The maximum Gasteiger partial charge on any atom is 0.411 e. The van der Waals surface area contributed by atoms with Crippen LogP contribution in [-0.2, 0) is 20.7 Å². The van der Waals surface area contributed by atoms with Crippen LogP contribution >= 0.6 is 0 Å². The van der Waals surface area contributed by atoms with Gasteiger partial charge in [0.15, 0.2) is 0 Å². The molecule has 0 radical (unpaired) electrons. The van der Waals surface area contributed by atoms with Crippen LogP contribution in [-0.4, -0.2) is 53.5 Å². The van der Waals surface area contributed by atoms with Crippen LogP contribution in [0.5, 0.6) is 0 Å². The summed E-state index contributed by atoms with van der Waals surface area (Å²) in [4.78, 5) is 37.8. The molecule has 0 saturated carbocycles. The molecular formula is C30H32N2O6. The fourth-order valence-electron chi connectivity index (χ4n) is 4.55. The molecular weight excluding hydrogens is 484 g/mol. The van der Waals surface area contributed by atoms with Crippen LogP contribution < -0.4 is 5.32 Å². The standard InChI is InChI=1S/C30H32N2O6/c1-30(2,3)38-29(36)32(4)26(27(33)34)17-19-13-15-20(16-14-19)31-28(35)37-18-25-23-11-7-5-9-21(23)22-10-6-8-12-24(22)25/h5-16,25-26H,17-18H2,1-4H3,(H,31,35)(H,33,34)/t26-/m0/s1. The number of carboxylic acids is 1. The number of nitrogens with one attached hydrogen (secondary N) is 1. The Hall–Kier alpha value is -4.33. The average molecular weight is 517 g/mol. The molecule has 38 heavy (non-hydrogen) atoms. The van der Waals surface area contributed by atoms with Crippen LogP contribution in [0.25, 0.3) is 11.1 Å². The molecule has 2 N–H and O–H groups in total. The van der Waals surface area contributed by atoms with Gasteiger partial charge in [-0.2, -0.15) is 0 Å². The van der Waals surface area contributed by atoms with Crippen molar-refractivity contribution in [1.82, 2.24) is 4.90 Å². The number of nitrogens with zero attached hydrogens (tertiary/aromatic N) is 1. The van der Waals surface area contributed by atoms with Crippen molar-refractivity contribution in [2.75, 3.05) is 19.0 Å². The van der Waals surface area contributed by atoms with E-state index in [4.69, 9.17) is 9.47 Å². The Balaban J connectivity index is 1.35. The van der Waals surface area contributed by atoms with Gasteiger partial charge >= 0.3 is 18.2 Å². The molecule has 0 heterocycles. The van der Waals surface area contributed by atoms with E-state index in [0.29, 0.717) is 11.3 Å². The molecule has 8 nitrogen and oxygen atoms in total. The summed E-state index contributed by atoms with van der Waals surface area (Å²) in [6, 6.07) is 21.9. The summed E-state index contributed by atoms with van der Waals surface area (Å²) in [6.45, 7) is 5.36. The van der Waals surface area contributed by atoms with E-state index >= 15 is 0 Å². The number of carbonyl (C=O) groups is 3. The Morgan fingerprint density at radius 2 is 1.47 bits per heavy atom. The van der Waals surface area contributed by atoms with Gasteiger partial charge in [-0.25, -0.2) is 14.4 Å². The Bertz CT molecular complexity index is 1280. The first-order valence-electron chi connectivity index (χ1n) is 12.4. The highest BCUT2D eigenvalue weighted by Gasteiger charge is 2.31. The lowest BCUT2D eigenvalue weighted by atomic mass is 9.98. The number of carboxylic acid groups (broad SMARTS) is 1. The summed E-state index contributed by atoms with van der Waals surface area (Å²) in [5, 5.41) is 12.4. The van der Waals surface area contributed by atoms with E-state index in [1.807, 2.05) is 24.3 Å². The quantitative estimate of drug-likeness (QED) is 0.404. The molecule has 0 unspecified atom stereocenters. The molecule has 0 saturated heterocycles. The van der Waals surface area contributed by atoms with Gasteiger partial charge in [0.25, 0.3) is 0 Å². The van der Waals surface area contributed by atoms with Crippen LogP contribution in [0.3, 0.4) is 0 Å². The summed E-state index contributed by atoms with van der Waals surface area (Å²) in [5.41, 5.74) is 5.05. The Labute approximate surface area is 222 Å². The van der Waals surface area contributed by atoms with Crippen molar-refractivity contribution < 1.29 is 29.0 Å². The van der Waals surface area contributed by atoms with Crippen LogP contribution in [0.15, 0.2) is 72.8 Å². The van der Waals surface area contributed by atoms with Crippen LogP contribution in [0.4, 0.5) is 15.3 Å². The minimum Gasteiger partial charge on any atom is -0.480 e. The lowest BCUT2D eigenvalue weighted by molar-refractivity contribution is -0.142. The minimum atomic E-state index is -1.14. The number of amides is 2. The number of hydrogen-bond acceptors (Lipinski definition) is 5. The number of carbonyl (C=O) groups excluding carboxylic acids is 2. The summed E-state index contributed by atoms with van der Waals surface area (Å²) >= 11 is 0. The zero-order valence-corrected chi connectivity index (χ0v) is 21.9. The highest BCUT2D eigenvalue weighted by molar-refractivity contribution is 5.85. The van der Waals surface area contributed by atoms with Gasteiger partial charge in [-0.1, -0.05) is 60.7 Å². The van der Waals surface area contributed by atoms with E-state index in [-0.39, 0.29) is 18.9 Å². The molecule has 8 heteroatoms. The third-order valence-electron chi connectivity index (χ3n) is 6.41. The summed E-state index contributed by atoms with van der Waals surface area (Å²) in [7, 11) is 1.40. The van der Waals surface area contributed by atoms with E-state index in [9.17, 15) is 19.5 Å². The molecule has 4 rings (SSSR count). The maximum atomic E-state index is 12.6. The predicted octanol–water partition coefficient (Wildman–Crippen LogP) is 5.91. The molecule has 1 aliphatic rings. The lowest BCUT2D eigenvalue weighted by Crippen LogP contribution is -2.46. The van der Waals surface area contributed by atoms with Crippen molar-refractivity contribution in [3.8, 4) is 11.1 Å². The third-order valence-corrected chi connectivity index (χ3v) is 6.41. The second-order valence-electron chi connectivity index (χ2n) is 10.3. The molecule has 1 aliphatic carbocycles. The Kier molecular flexibility index (Phi) is 7.71. The summed E-state index contributed by atoms with van der Waals surface area (Å²) in [6.07, 6.45) is -1.21. The van der Waals surface area contributed by atoms with Crippen LogP contribution in [0.1, 0.15) is 43.4 Å². The molecule has 0 aliphatic heterocycles. The molecule has 3 aromatic rings. The van der Waals surface area contributed by atoms with E-state index in [2.05, 4.69) is 29.6 Å². The second-order valence-corrected chi connectivity index (χ2v) is 10.3. The lowest BCUT2D eigenvalue weighted by Gasteiger charge is -2.28. The molecule has 0 spiro atoms. The number of anilines is 1. The molecule has 0 fully saturated rings. The molecule has 3 aromatic carbocycles. The van der Waals surface area contributed by atoms with E-state index < -0.39 is 29.8 Å². The first kappa shape index (κ1) is 26.7. The number of benzene rings is 3. The largest absolute Gasteiger partial charge is 0.480 e. The van der Waals surface area contributed by atoms with Crippen molar-refractivity contribution in [1.29, 1.82) is 0 Å². The van der Waals surface area contributed by atoms with Crippen molar-refractivity contribution in [3.05, 3.63) is 89.5 Å². The van der Waals surface area contributed by atoms with Gasteiger partial charge in [-0.05, 0) is 60.7 Å². The molecule has 2 amide bonds. The van der Waals surface area contributed by atoms with E-state index in [1.165, 1.54) is 7.05 Å². The fourth-order valence-corrected chi connectivity index (χ4v) is 4.55. The number of rotatable bonds is 7. The van der Waals surface area contributed by atoms with Gasteiger partial charge in [0, 0.05) is 25.1 Å². The molecule has 198 valence electrons. The molecule has 0 aromatic heterocycles. The van der Waals surface area contributed by atoms with Gasteiger partial charge < -0.3 is 14.6 Å². The van der Waals surface area contributed by atoms with Gasteiger partial charge in [-0.3, -0.25) is 10.2 Å². The predicted molar refractivity (Wildman–Crippen MR) is 144 cm³/mol. The third kappa shape index (κ3) is 6.14.